The Morgan fingerprint density at radius 2 is 1.86 bits per heavy atom. The molecule has 0 aliphatic rings. The minimum Gasteiger partial charge on any atom is -0.397 e. The van der Waals surface area contributed by atoms with E-state index >= 15 is 0 Å². The van der Waals surface area contributed by atoms with Crippen LogP contribution in [0.5, 0.6) is 0 Å². The number of anilines is 2. The Morgan fingerprint density at radius 3 is 2.45 bits per heavy atom. The second-order valence-electron chi connectivity index (χ2n) is 4.89. The van der Waals surface area contributed by atoms with Gasteiger partial charge in [-0.25, -0.2) is 0 Å². The molecule has 0 radical (unpaired) electrons. The van der Waals surface area contributed by atoms with E-state index in [2.05, 4.69) is 5.32 Å². The second kappa shape index (κ2) is 7.96. The number of amides is 1. The van der Waals surface area contributed by atoms with Gasteiger partial charge >= 0.3 is 0 Å². The molecule has 2 aromatic rings. The van der Waals surface area contributed by atoms with E-state index in [1.807, 2.05) is 19.9 Å². The number of hydrogen-bond donors (Lipinski definition) is 2. The number of nitrogens with one attached hydrogen (secondary N) is 1. The largest absolute Gasteiger partial charge is 0.397 e. The van der Waals surface area contributed by atoms with Crippen molar-refractivity contribution in [3.05, 3.63) is 45.6 Å². The number of carbonyl (C=O) groups is 2. The van der Waals surface area contributed by atoms with Crippen molar-refractivity contribution < 1.29 is 9.59 Å². The number of rotatable bonds is 5. The highest BCUT2D eigenvalue weighted by Gasteiger charge is 2.14. The lowest BCUT2D eigenvalue weighted by Crippen LogP contribution is -2.14. The lowest BCUT2D eigenvalue weighted by molar-refractivity contribution is -0.116. The zero-order chi connectivity index (χ0) is 15.4. The maximum Gasteiger partial charge on any atom is 0.224 e. The fourth-order valence-electron chi connectivity index (χ4n) is 2.09. The molecule has 0 spiro atoms. The Balaban J connectivity index is 0.00000242. The van der Waals surface area contributed by atoms with Crippen LogP contribution in [0.15, 0.2) is 30.3 Å². The van der Waals surface area contributed by atoms with Gasteiger partial charge in [-0.1, -0.05) is 12.1 Å². The van der Waals surface area contributed by atoms with E-state index in [4.69, 9.17) is 5.73 Å². The first-order valence-corrected chi connectivity index (χ1v) is 7.53. The van der Waals surface area contributed by atoms with E-state index in [0.29, 0.717) is 11.4 Å². The number of benzene rings is 1. The van der Waals surface area contributed by atoms with Crippen molar-refractivity contribution in [2.45, 2.75) is 26.7 Å². The zero-order valence-electron chi connectivity index (χ0n) is 12.5. The number of thiophene rings is 1. The molecule has 0 atom stereocenters. The predicted molar refractivity (Wildman–Crippen MR) is 94.1 cm³/mol. The van der Waals surface area contributed by atoms with Gasteiger partial charge in [-0.2, -0.15) is 0 Å². The molecule has 1 aromatic carbocycles. The summed E-state index contributed by atoms with van der Waals surface area (Å²) in [7, 11) is 0. The van der Waals surface area contributed by atoms with Crippen molar-refractivity contribution in [3.8, 4) is 0 Å². The van der Waals surface area contributed by atoms with Crippen molar-refractivity contribution in [1.29, 1.82) is 0 Å². The van der Waals surface area contributed by atoms with Gasteiger partial charge in [0.2, 0.25) is 5.91 Å². The summed E-state index contributed by atoms with van der Waals surface area (Å²) in [5, 5.41) is 2.72. The number of nitrogen functional groups attached to an aromatic ring is 1. The molecule has 0 saturated heterocycles. The zero-order valence-corrected chi connectivity index (χ0v) is 14.1. The summed E-state index contributed by atoms with van der Waals surface area (Å²) in [4.78, 5) is 26.1. The van der Waals surface area contributed by atoms with E-state index in [0.717, 1.165) is 15.3 Å². The molecule has 0 saturated carbocycles. The molecule has 0 aliphatic carbocycles. The minimum atomic E-state index is -0.203. The Hall–Kier alpha value is -1.85. The third-order valence-electron chi connectivity index (χ3n) is 3.16. The summed E-state index contributed by atoms with van der Waals surface area (Å²) in [5.41, 5.74) is 7.58. The summed E-state index contributed by atoms with van der Waals surface area (Å²) in [5.74, 6) is -0.195. The van der Waals surface area contributed by atoms with Crippen LogP contribution in [0.4, 0.5) is 11.4 Å². The number of hydrogen-bond acceptors (Lipinski definition) is 4. The third kappa shape index (κ3) is 4.58. The maximum atomic E-state index is 12.1. The van der Waals surface area contributed by atoms with Crippen molar-refractivity contribution in [2.24, 2.45) is 0 Å². The summed E-state index contributed by atoms with van der Waals surface area (Å²) < 4.78 is 0. The highest BCUT2D eigenvalue weighted by molar-refractivity contribution is 7.12. The summed E-state index contributed by atoms with van der Waals surface area (Å²) in [6.07, 6.45) is 0.358. The fourth-order valence-corrected chi connectivity index (χ4v) is 3.04. The molecule has 0 unspecified atom stereocenters. The number of carbonyl (C=O) groups excluding carboxylic acids is 2. The van der Waals surface area contributed by atoms with Gasteiger partial charge in [0.25, 0.3) is 0 Å². The predicted octanol–water partition coefficient (Wildman–Crippen LogP) is 3.97. The minimum absolute atomic E-state index is 0. The van der Waals surface area contributed by atoms with Gasteiger partial charge in [0.05, 0.1) is 11.4 Å². The Labute approximate surface area is 140 Å². The van der Waals surface area contributed by atoms with Crippen molar-refractivity contribution in [2.75, 3.05) is 11.1 Å². The number of halogens is 1. The van der Waals surface area contributed by atoms with E-state index in [1.165, 1.54) is 0 Å². The quantitative estimate of drug-likeness (QED) is 0.640. The summed E-state index contributed by atoms with van der Waals surface area (Å²) >= 11 is 1.60. The second-order valence-corrected chi connectivity index (χ2v) is 6.35. The number of nitrogens with two attached hydrogens (primary N) is 1. The Kier molecular flexibility index (Phi) is 6.59. The van der Waals surface area contributed by atoms with Crippen LogP contribution in [0.25, 0.3) is 0 Å². The molecule has 0 bridgehead atoms. The lowest BCUT2D eigenvalue weighted by Gasteiger charge is -2.07. The van der Waals surface area contributed by atoms with E-state index in [9.17, 15) is 9.59 Å². The molecule has 6 heteroatoms. The van der Waals surface area contributed by atoms with Gasteiger partial charge < -0.3 is 11.1 Å². The van der Waals surface area contributed by atoms with Gasteiger partial charge in [-0.05, 0) is 32.0 Å². The SMILES string of the molecule is Cc1cc(C(=O)CCC(=O)Nc2ccccc2N)c(C)s1.Cl. The fraction of sp³-hybridized carbons (Fsp3) is 0.250. The van der Waals surface area contributed by atoms with Crippen LogP contribution in [0.1, 0.15) is 33.0 Å². The highest BCUT2D eigenvalue weighted by Crippen LogP contribution is 2.22. The first-order valence-electron chi connectivity index (χ1n) is 6.72. The molecular formula is C16H19ClN2O2S. The Morgan fingerprint density at radius 1 is 1.18 bits per heavy atom. The van der Waals surface area contributed by atoms with E-state index in [1.54, 1.807) is 35.6 Å². The first kappa shape index (κ1) is 18.2. The van der Waals surface area contributed by atoms with Gasteiger partial charge in [0.15, 0.2) is 5.78 Å². The topological polar surface area (TPSA) is 72.2 Å². The molecule has 22 heavy (non-hydrogen) atoms. The van der Waals surface area contributed by atoms with E-state index in [-0.39, 0.29) is 36.9 Å². The molecule has 1 aromatic heterocycles. The molecule has 0 fully saturated rings. The molecule has 118 valence electrons. The molecular weight excluding hydrogens is 320 g/mol. The molecule has 1 amide bonds. The maximum absolute atomic E-state index is 12.1. The van der Waals surface area contributed by atoms with Crippen LogP contribution in [-0.2, 0) is 4.79 Å². The average Bonchev–Trinajstić information content (AvgIpc) is 2.78. The van der Waals surface area contributed by atoms with E-state index < -0.39 is 0 Å². The highest BCUT2D eigenvalue weighted by atomic mass is 35.5. The number of aryl methyl sites for hydroxylation is 2. The number of Topliss-reactive ketones (excluding diaryl/α,β-unsaturated/α-hetero) is 1. The lowest BCUT2D eigenvalue weighted by atomic mass is 10.1. The summed E-state index contributed by atoms with van der Waals surface area (Å²) in [6.45, 7) is 3.90. The summed E-state index contributed by atoms with van der Waals surface area (Å²) in [6, 6.07) is 8.94. The third-order valence-corrected chi connectivity index (χ3v) is 4.12. The van der Waals surface area contributed by atoms with Gasteiger partial charge in [-0.3, -0.25) is 9.59 Å². The van der Waals surface area contributed by atoms with Crippen LogP contribution in [0, 0.1) is 13.8 Å². The van der Waals surface area contributed by atoms with Gasteiger partial charge in [0, 0.05) is 28.2 Å². The van der Waals surface area contributed by atoms with Gasteiger partial charge in [0.1, 0.15) is 0 Å². The van der Waals surface area contributed by atoms with Crippen LogP contribution in [-0.4, -0.2) is 11.7 Å². The van der Waals surface area contributed by atoms with Crippen molar-refractivity contribution >= 4 is 46.8 Å². The van der Waals surface area contributed by atoms with Crippen LogP contribution >= 0.6 is 23.7 Å². The number of ketones is 1. The molecule has 0 aliphatic heterocycles. The molecule has 4 nitrogen and oxygen atoms in total. The van der Waals surface area contributed by atoms with Crippen molar-refractivity contribution in [1.82, 2.24) is 0 Å². The molecule has 3 N–H and O–H groups in total. The monoisotopic (exact) mass is 338 g/mol. The van der Waals surface area contributed by atoms with Crippen LogP contribution in [0.3, 0.4) is 0 Å². The van der Waals surface area contributed by atoms with Crippen LogP contribution < -0.4 is 11.1 Å². The van der Waals surface area contributed by atoms with Gasteiger partial charge in [-0.15, -0.1) is 23.7 Å². The Bertz CT molecular complexity index is 683. The molecule has 1 heterocycles. The van der Waals surface area contributed by atoms with Crippen LogP contribution in [0.2, 0.25) is 0 Å². The average molecular weight is 339 g/mol. The standard InChI is InChI=1S/C16H18N2O2S.ClH/c1-10-9-12(11(2)21-10)15(19)7-8-16(20)18-14-6-4-3-5-13(14)17;/h3-6,9H,7-8,17H2,1-2H3,(H,18,20);1H. The normalized spacial score (nSPS) is 9.91. The van der Waals surface area contributed by atoms with Crippen molar-refractivity contribution in [3.63, 3.8) is 0 Å². The number of para-hydroxylation sites is 2. The smallest absolute Gasteiger partial charge is 0.224 e. The first-order chi connectivity index (χ1) is 9.97. The molecule has 2 rings (SSSR count).